The summed E-state index contributed by atoms with van der Waals surface area (Å²) in [5.41, 5.74) is 2.02. The van der Waals surface area contributed by atoms with E-state index in [1.807, 2.05) is 0 Å². The van der Waals surface area contributed by atoms with Crippen LogP contribution in [-0.2, 0) is 16.1 Å². The van der Waals surface area contributed by atoms with Crippen molar-refractivity contribution >= 4 is 29.4 Å². The maximum Gasteiger partial charge on any atom is 0.331 e. The number of halogens is 1. The van der Waals surface area contributed by atoms with E-state index < -0.39 is 5.97 Å². The summed E-state index contributed by atoms with van der Waals surface area (Å²) in [6, 6.07) is 12.1. The van der Waals surface area contributed by atoms with Gasteiger partial charge in [0.15, 0.2) is 5.78 Å². The molecule has 2 aromatic carbocycles. The van der Waals surface area contributed by atoms with Gasteiger partial charge in [-0.2, -0.15) is 0 Å². The Morgan fingerprint density at radius 3 is 2.46 bits per heavy atom. The van der Waals surface area contributed by atoms with Gasteiger partial charge in [0, 0.05) is 22.2 Å². The number of methoxy groups -OCH3 is 1. The van der Waals surface area contributed by atoms with Crippen molar-refractivity contribution in [1.82, 2.24) is 0 Å². The molecule has 0 saturated carbocycles. The zero-order valence-electron chi connectivity index (χ0n) is 13.4. The molecule has 0 heterocycles. The van der Waals surface area contributed by atoms with Crippen LogP contribution in [-0.4, -0.2) is 18.9 Å². The molecule has 2 aromatic rings. The van der Waals surface area contributed by atoms with Crippen LogP contribution < -0.4 is 4.74 Å². The first kappa shape index (κ1) is 17.8. The predicted molar refractivity (Wildman–Crippen MR) is 93.3 cm³/mol. The Kier molecular flexibility index (Phi) is 6.15. The van der Waals surface area contributed by atoms with Crippen LogP contribution in [0.1, 0.15) is 28.4 Å². The molecule has 0 fully saturated rings. The van der Waals surface area contributed by atoms with Gasteiger partial charge in [-0.05, 0) is 48.9 Å². The lowest BCUT2D eigenvalue weighted by atomic mass is 10.1. The topological polar surface area (TPSA) is 52.6 Å². The average molecular weight is 345 g/mol. The van der Waals surface area contributed by atoms with Crippen LogP contribution in [0.3, 0.4) is 0 Å². The summed E-state index contributed by atoms with van der Waals surface area (Å²) in [5, 5.41) is 0.632. The Hall–Kier alpha value is -2.59. The van der Waals surface area contributed by atoms with E-state index >= 15 is 0 Å². The van der Waals surface area contributed by atoms with Crippen molar-refractivity contribution in [2.75, 3.05) is 7.11 Å². The number of carbonyl (C=O) groups excluding carboxylic acids is 2. The molecule has 0 N–H and O–H groups in total. The Labute approximate surface area is 145 Å². The van der Waals surface area contributed by atoms with Crippen LogP contribution in [0.4, 0.5) is 0 Å². The Balaban J connectivity index is 2.01. The van der Waals surface area contributed by atoms with Gasteiger partial charge in [-0.1, -0.05) is 23.7 Å². The number of Topliss-reactive ketones (excluding diaryl/α,β-unsaturated/α-hetero) is 1. The van der Waals surface area contributed by atoms with Gasteiger partial charge in [0.05, 0.1) is 7.11 Å². The zero-order chi connectivity index (χ0) is 17.5. The highest BCUT2D eigenvalue weighted by Crippen LogP contribution is 2.21. The van der Waals surface area contributed by atoms with Gasteiger partial charge < -0.3 is 9.47 Å². The van der Waals surface area contributed by atoms with Crippen molar-refractivity contribution in [3.05, 3.63) is 70.3 Å². The van der Waals surface area contributed by atoms with Crippen LogP contribution in [0.5, 0.6) is 5.75 Å². The lowest BCUT2D eigenvalue weighted by Gasteiger charge is -2.09. The number of hydrogen-bond acceptors (Lipinski definition) is 4. The number of hydrogen-bond donors (Lipinski definition) is 0. The molecule has 124 valence electrons. The molecule has 0 unspecified atom stereocenters. The maximum absolute atomic E-state index is 11.8. The number of benzene rings is 2. The van der Waals surface area contributed by atoms with Crippen molar-refractivity contribution in [2.24, 2.45) is 0 Å². The van der Waals surface area contributed by atoms with E-state index in [0.717, 1.165) is 5.56 Å². The smallest absolute Gasteiger partial charge is 0.331 e. The van der Waals surface area contributed by atoms with Gasteiger partial charge in [0.25, 0.3) is 0 Å². The van der Waals surface area contributed by atoms with Crippen molar-refractivity contribution in [1.29, 1.82) is 0 Å². The largest absolute Gasteiger partial charge is 0.496 e. The molecule has 0 radical (unpaired) electrons. The van der Waals surface area contributed by atoms with Gasteiger partial charge in [0.1, 0.15) is 12.4 Å². The molecule has 0 spiro atoms. The Morgan fingerprint density at radius 1 is 1.12 bits per heavy atom. The molecule has 0 saturated heterocycles. The number of rotatable bonds is 6. The molecule has 5 heteroatoms. The molecule has 0 amide bonds. The van der Waals surface area contributed by atoms with Gasteiger partial charge >= 0.3 is 5.97 Å². The minimum Gasteiger partial charge on any atom is -0.496 e. The summed E-state index contributed by atoms with van der Waals surface area (Å²) in [7, 11) is 1.52. The van der Waals surface area contributed by atoms with Crippen molar-refractivity contribution in [3.8, 4) is 5.75 Å². The van der Waals surface area contributed by atoms with E-state index in [1.54, 1.807) is 48.5 Å². The quantitative estimate of drug-likeness (QED) is 0.445. The number of ether oxygens (including phenoxy) is 2. The summed E-state index contributed by atoms with van der Waals surface area (Å²) in [6.07, 6.45) is 2.98. The van der Waals surface area contributed by atoms with Crippen LogP contribution in [0.15, 0.2) is 48.5 Å². The van der Waals surface area contributed by atoms with Crippen molar-refractivity contribution in [3.63, 3.8) is 0 Å². The average Bonchev–Trinajstić information content (AvgIpc) is 2.59. The van der Waals surface area contributed by atoms with Crippen LogP contribution in [0.2, 0.25) is 5.02 Å². The number of carbonyl (C=O) groups is 2. The van der Waals surface area contributed by atoms with Gasteiger partial charge in [0.2, 0.25) is 0 Å². The molecule has 4 nitrogen and oxygen atoms in total. The molecule has 0 aliphatic rings. The molecule has 24 heavy (non-hydrogen) atoms. The minimum absolute atomic E-state index is 0.0219. The highest BCUT2D eigenvalue weighted by atomic mass is 35.5. The second-order valence-electron chi connectivity index (χ2n) is 5.08. The van der Waals surface area contributed by atoms with E-state index in [1.165, 1.54) is 20.1 Å². The Bertz CT molecular complexity index is 763. The summed E-state index contributed by atoms with van der Waals surface area (Å²) in [6.45, 7) is 1.50. The normalized spacial score (nSPS) is 10.6. The van der Waals surface area contributed by atoms with E-state index in [-0.39, 0.29) is 12.4 Å². The second-order valence-corrected chi connectivity index (χ2v) is 5.51. The van der Waals surface area contributed by atoms with E-state index in [2.05, 4.69) is 0 Å². The molecular weight excluding hydrogens is 328 g/mol. The first-order valence-electron chi connectivity index (χ1n) is 7.28. The maximum atomic E-state index is 11.8. The summed E-state index contributed by atoms with van der Waals surface area (Å²) < 4.78 is 10.4. The fraction of sp³-hybridized carbons (Fsp3) is 0.158. The van der Waals surface area contributed by atoms with Crippen LogP contribution in [0, 0.1) is 0 Å². The molecule has 2 rings (SSSR count). The lowest BCUT2D eigenvalue weighted by molar-refractivity contribution is -0.138. The Morgan fingerprint density at radius 2 is 1.83 bits per heavy atom. The number of ketones is 1. The minimum atomic E-state index is -0.486. The molecule has 0 aliphatic carbocycles. The fourth-order valence-electron chi connectivity index (χ4n) is 2.05. The first-order valence-corrected chi connectivity index (χ1v) is 7.65. The third-order valence-electron chi connectivity index (χ3n) is 3.34. The summed E-state index contributed by atoms with van der Waals surface area (Å²) >= 11 is 5.80. The molecule has 0 aromatic heterocycles. The molecule has 0 aliphatic heterocycles. The SMILES string of the molecule is COc1ccc(C(C)=O)cc1COC(=O)C=Cc1ccc(Cl)cc1. The van der Waals surface area contributed by atoms with E-state index in [0.29, 0.717) is 21.9 Å². The van der Waals surface area contributed by atoms with Gasteiger partial charge in [-0.15, -0.1) is 0 Å². The predicted octanol–water partition coefficient (Wildman–Crippen LogP) is 4.31. The summed E-state index contributed by atoms with van der Waals surface area (Å²) in [5.74, 6) is 0.0163. The molecule has 0 atom stereocenters. The van der Waals surface area contributed by atoms with E-state index in [9.17, 15) is 9.59 Å². The highest BCUT2D eigenvalue weighted by molar-refractivity contribution is 6.30. The third kappa shape index (κ3) is 4.96. The molecule has 0 bridgehead atoms. The first-order chi connectivity index (χ1) is 11.5. The lowest BCUT2D eigenvalue weighted by Crippen LogP contribution is -2.04. The van der Waals surface area contributed by atoms with Crippen LogP contribution in [0.25, 0.3) is 6.08 Å². The van der Waals surface area contributed by atoms with E-state index in [4.69, 9.17) is 21.1 Å². The third-order valence-corrected chi connectivity index (χ3v) is 3.59. The zero-order valence-corrected chi connectivity index (χ0v) is 14.2. The van der Waals surface area contributed by atoms with Gasteiger partial charge in [-0.25, -0.2) is 4.79 Å². The fourth-order valence-corrected chi connectivity index (χ4v) is 2.17. The summed E-state index contributed by atoms with van der Waals surface area (Å²) in [4.78, 5) is 23.3. The van der Waals surface area contributed by atoms with Gasteiger partial charge in [-0.3, -0.25) is 4.79 Å². The highest BCUT2D eigenvalue weighted by Gasteiger charge is 2.09. The monoisotopic (exact) mass is 344 g/mol. The standard InChI is InChI=1S/C19H17ClO4/c1-13(21)15-6-9-18(23-2)16(11-15)12-24-19(22)10-5-14-3-7-17(20)8-4-14/h3-11H,12H2,1-2H3. The molecular formula is C19H17ClO4. The second kappa shape index (κ2) is 8.31. The van der Waals surface area contributed by atoms with Crippen molar-refractivity contribution < 1.29 is 19.1 Å². The van der Waals surface area contributed by atoms with Crippen LogP contribution >= 0.6 is 11.6 Å². The number of esters is 1. The van der Waals surface area contributed by atoms with Crippen molar-refractivity contribution in [2.45, 2.75) is 13.5 Å².